The number of hydrogen-bond donors (Lipinski definition) is 1. The molecule has 13 heavy (non-hydrogen) atoms. The number of aromatic nitrogens is 2. The molecule has 2 aromatic heterocycles. The molecule has 1 N–H and O–H groups in total. The van der Waals surface area contributed by atoms with Crippen LogP contribution in [0.15, 0.2) is 21.4 Å². The molecule has 2 aromatic rings. The number of aliphatic hydroxyl groups is 1. The molecule has 0 aromatic carbocycles. The van der Waals surface area contributed by atoms with Gasteiger partial charge in [0.1, 0.15) is 6.10 Å². The molecule has 0 radical (unpaired) electrons. The van der Waals surface area contributed by atoms with Crippen molar-refractivity contribution in [2.45, 2.75) is 6.10 Å². The minimum absolute atomic E-state index is 0.611. The van der Waals surface area contributed by atoms with E-state index in [4.69, 9.17) is 0 Å². The van der Waals surface area contributed by atoms with Crippen molar-refractivity contribution in [2.24, 2.45) is 0 Å². The van der Waals surface area contributed by atoms with E-state index in [-0.39, 0.29) is 0 Å². The van der Waals surface area contributed by atoms with Gasteiger partial charge in [-0.3, -0.25) is 0 Å². The van der Waals surface area contributed by atoms with Gasteiger partial charge in [0, 0.05) is 15.4 Å². The van der Waals surface area contributed by atoms with Crippen LogP contribution in [0.4, 0.5) is 0 Å². The SMILES string of the molecule is OC(c1cnns1)c1cscc1Br. The molecule has 6 heteroatoms. The number of hydrogen-bond acceptors (Lipinski definition) is 5. The first-order valence-corrected chi connectivity index (χ1v) is 5.97. The van der Waals surface area contributed by atoms with E-state index in [1.807, 2.05) is 10.8 Å². The minimum atomic E-state index is -0.611. The second-order valence-electron chi connectivity index (χ2n) is 2.40. The molecule has 2 rings (SSSR count). The Bertz CT molecular complexity index is 387. The molecule has 0 aliphatic heterocycles. The summed E-state index contributed by atoms with van der Waals surface area (Å²) in [6.45, 7) is 0. The Hall–Kier alpha value is -0.300. The third kappa shape index (κ3) is 1.80. The monoisotopic (exact) mass is 276 g/mol. The van der Waals surface area contributed by atoms with Crippen molar-refractivity contribution >= 4 is 38.8 Å². The lowest BCUT2D eigenvalue weighted by Crippen LogP contribution is -1.95. The first kappa shape index (κ1) is 9.26. The summed E-state index contributed by atoms with van der Waals surface area (Å²) in [4.78, 5) is 0.763. The van der Waals surface area contributed by atoms with Gasteiger partial charge in [-0.2, -0.15) is 11.3 Å². The molecule has 0 aliphatic rings. The van der Waals surface area contributed by atoms with Gasteiger partial charge in [0.05, 0.1) is 11.1 Å². The maximum Gasteiger partial charge on any atom is 0.118 e. The first-order valence-electron chi connectivity index (χ1n) is 3.46. The van der Waals surface area contributed by atoms with Crippen LogP contribution in [-0.2, 0) is 0 Å². The Kier molecular flexibility index (Phi) is 2.73. The Morgan fingerprint density at radius 1 is 1.46 bits per heavy atom. The van der Waals surface area contributed by atoms with Crippen LogP contribution in [0.2, 0.25) is 0 Å². The number of rotatable bonds is 2. The molecule has 0 aliphatic carbocycles. The zero-order valence-corrected chi connectivity index (χ0v) is 9.56. The molecule has 0 saturated heterocycles. The van der Waals surface area contributed by atoms with Gasteiger partial charge in [-0.25, -0.2) is 0 Å². The zero-order valence-electron chi connectivity index (χ0n) is 6.35. The van der Waals surface area contributed by atoms with Gasteiger partial charge >= 0.3 is 0 Å². The second kappa shape index (κ2) is 3.83. The topological polar surface area (TPSA) is 46.0 Å². The highest BCUT2D eigenvalue weighted by molar-refractivity contribution is 9.10. The summed E-state index contributed by atoms with van der Waals surface area (Å²) in [6.07, 6.45) is 0.972. The molecule has 0 saturated carbocycles. The maximum atomic E-state index is 9.86. The quantitative estimate of drug-likeness (QED) is 0.917. The molecular weight excluding hydrogens is 272 g/mol. The van der Waals surface area contributed by atoms with E-state index >= 15 is 0 Å². The van der Waals surface area contributed by atoms with Gasteiger partial charge < -0.3 is 5.11 Å². The fourth-order valence-corrected chi connectivity index (χ4v) is 2.98. The van der Waals surface area contributed by atoms with Gasteiger partial charge in [0.2, 0.25) is 0 Å². The molecular formula is C7H5BrN2OS2. The van der Waals surface area contributed by atoms with Crippen LogP contribution in [0, 0.1) is 0 Å². The van der Waals surface area contributed by atoms with Crippen molar-refractivity contribution < 1.29 is 5.11 Å². The van der Waals surface area contributed by atoms with Crippen LogP contribution in [-0.4, -0.2) is 14.7 Å². The standard InChI is InChI=1S/C7H5BrN2OS2/c8-5-3-12-2-4(5)7(11)6-1-9-10-13-6/h1-3,7,11H. The van der Waals surface area contributed by atoms with Gasteiger partial charge in [-0.05, 0) is 32.8 Å². The van der Waals surface area contributed by atoms with Crippen molar-refractivity contribution in [2.75, 3.05) is 0 Å². The molecule has 68 valence electrons. The summed E-state index contributed by atoms with van der Waals surface area (Å²) in [5, 5.41) is 17.4. The van der Waals surface area contributed by atoms with E-state index in [0.29, 0.717) is 0 Å². The van der Waals surface area contributed by atoms with Crippen molar-refractivity contribution in [1.82, 2.24) is 9.59 Å². The highest BCUT2D eigenvalue weighted by atomic mass is 79.9. The van der Waals surface area contributed by atoms with Gasteiger partial charge in [-0.1, -0.05) is 4.49 Å². The van der Waals surface area contributed by atoms with E-state index in [0.717, 1.165) is 14.9 Å². The number of nitrogens with zero attached hydrogens (tertiary/aromatic N) is 2. The Labute approximate surface area is 91.3 Å². The van der Waals surface area contributed by atoms with Crippen LogP contribution in [0.3, 0.4) is 0 Å². The van der Waals surface area contributed by atoms with Crippen LogP contribution in [0.25, 0.3) is 0 Å². The third-order valence-electron chi connectivity index (χ3n) is 1.58. The number of halogens is 1. The zero-order chi connectivity index (χ0) is 9.26. The van der Waals surface area contributed by atoms with Crippen LogP contribution >= 0.6 is 38.8 Å². The average Bonchev–Trinajstić information content (AvgIpc) is 2.72. The van der Waals surface area contributed by atoms with Crippen LogP contribution < -0.4 is 0 Å². The summed E-state index contributed by atoms with van der Waals surface area (Å²) in [7, 11) is 0. The summed E-state index contributed by atoms with van der Waals surface area (Å²) in [6, 6.07) is 0. The van der Waals surface area contributed by atoms with Gasteiger partial charge in [-0.15, -0.1) is 5.10 Å². The highest BCUT2D eigenvalue weighted by Crippen LogP contribution is 2.32. The predicted octanol–water partition coefficient (Wildman–Crippen LogP) is 2.44. The Balaban J connectivity index is 2.33. The van der Waals surface area contributed by atoms with E-state index in [1.54, 1.807) is 17.5 Å². The molecule has 1 atom stereocenters. The van der Waals surface area contributed by atoms with E-state index < -0.39 is 6.10 Å². The number of aliphatic hydroxyl groups excluding tert-OH is 1. The second-order valence-corrected chi connectivity index (χ2v) is 4.81. The average molecular weight is 277 g/mol. The molecule has 3 nitrogen and oxygen atoms in total. The number of thiophene rings is 1. The van der Waals surface area contributed by atoms with Crippen molar-refractivity contribution in [3.8, 4) is 0 Å². The predicted molar refractivity (Wildman–Crippen MR) is 56.0 cm³/mol. The molecule has 0 bridgehead atoms. The summed E-state index contributed by atoms with van der Waals surface area (Å²) in [5.41, 5.74) is 0.871. The fourth-order valence-electron chi connectivity index (χ4n) is 0.935. The summed E-state index contributed by atoms with van der Waals surface area (Å²) < 4.78 is 4.63. The Morgan fingerprint density at radius 3 is 2.85 bits per heavy atom. The summed E-state index contributed by atoms with van der Waals surface area (Å²) in [5.74, 6) is 0. The molecule has 0 spiro atoms. The third-order valence-corrected chi connectivity index (χ3v) is 4.05. The van der Waals surface area contributed by atoms with Gasteiger partial charge in [0.25, 0.3) is 0 Å². The largest absolute Gasteiger partial charge is 0.383 e. The maximum absolute atomic E-state index is 9.86. The fraction of sp³-hybridized carbons (Fsp3) is 0.143. The summed E-state index contributed by atoms with van der Waals surface area (Å²) >= 11 is 6.13. The molecule has 2 heterocycles. The molecule has 0 fully saturated rings. The lowest BCUT2D eigenvalue weighted by atomic mass is 10.2. The molecule has 1 unspecified atom stereocenters. The van der Waals surface area contributed by atoms with E-state index in [2.05, 4.69) is 25.5 Å². The van der Waals surface area contributed by atoms with Crippen molar-refractivity contribution in [1.29, 1.82) is 0 Å². The highest BCUT2D eigenvalue weighted by Gasteiger charge is 2.16. The van der Waals surface area contributed by atoms with E-state index in [9.17, 15) is 5.11 Å². The van der Waals surface area contributed by atoms with Gasteiger partial charge in [0.15, 0.2) is 0 Å². The van der Waals surface area contributed by atoms with Crippen molar-refractivity contribution in [3.63, 3.8) is 0 Å². The van der Waals surface area contributed by atoms with Crippen molar-refractivity contribution in [3.05, 3.63) is 31.9 Å². The lowest BCUT2D eigenvalue weighted by Gasteiger charge is -2.04. The first-order chi connectivity index (χ1) is 6.29. The lowest BCUT2D eigenvalue weighted by molar-refractivity contribution is 0.223. The normalized spacial score (nSPS) is 13.1. The van der Waals surface area contributed by atoms with Crippen LogP contribution in [0.5, 0.6) is 0 Å². The smallest absolute Gasteiger partial charge is 0.118 e. The molecule has 0 amide bonds. The van der Waals surface area contributed by atoms with Crippen LogP contribution in [0.1, 0.15) is 16.5 Å². The minimum Gasteiger partial charge on any atom is -0.383 e. The van der Waals surface area contributed by atoms with E-state index in [1.165, 1.54) is 11.5 Å². The Morgan fingerprint density at radius 2 is 2.31 bits per heavy atom.